The topological polar surface area (TPSA) is 85.5 Å². The molecule has 150 valence electrons. The molecule has 1 aliphatic rings. The Morgan fingerprint density at radius 1 is 1.18 bits per heavy atom. The second kappa shape index (κ2) is 10.1. The van der Waals surface area contributed by atoms with Crippen LogP contribution in [0.5, 0.6) is 0 Å². The third-order valence-electron chi connectivity index (χ3n) is 3.72. The number of ether oxygens (including phenoxy) is 1. The van der Waals surface area contributed by atoms with Gasteiger partial charge in [-0.2, -0.15) is 0 Å². The average Bonchev–Trinajstić information content (AvgIpc) is 3.13. The summed E-state index contributed by atoms with van der Waals surface area (Å²) in [6, 6.07) is 16.4. The van der Waals surface area contributed by atoms with E-state index in [4.69, 9.17) is 10.5 Å². The molecular formula is C21H27N3O3S. The second-order valence-electron chi connectivity index (χ2n) is 7.28. The Hall–Kier alpha value is -2.54. The number of nitrogens with zero attached hydrogens (tertiary/aromatic N) is 2. The van der Waals surface area contributed by atoms with Crippen LogP contribution < -0.4 is 5.73 Å². The van der Waals surface area contributed by atoms with Crippen LogP contribution in [-0.4, -0.2) is 45.2 Å². The van der Waals surface area contributed by atoms with E-state index >= 15 is 0 Å². The van der Waals surface area contributed by atoms with Gasteiger partial charge in [0.15, 0.2) is 5.37 Å². The Labute approximate surface area is 170 Å². The number of primary amides is 1. The molecule has 1 atom stereocenters. The molecule has 2 amide bonds. The lowest BCUT2D eigenvalue weighted by molar-refractivity contribution is -0.120. The fourth-order valence-electron chi connectivity index (χ4n) is 2.52. The van der Waals surface area contributed by atoms with Crippen molar-refractivity contribution in [3.8, 4) is 0 Å². The predicted octanol–water partition coefficient (Wildman–Crippen LogP) is 3.45. The van der Waals surface area contributed by atoms with Crippen LogP contribution in [0.3, 0.4) is 0 Å². The van der Waals surface area contributed by atoms with Crippen molar-refractivity contribution in [3.63, 3.8) is 0 Å². The fraction of sp³-hybridized carbons (Fsp3) is 0.381. The van der Waals surface area contributed by atoms with E-state index in [-0.39, 0.29) is 0 Å². The van der Waals surface area contributed by atoms with Crippen LogP contribution in [0, 0.1) is 0 Å². The van der Waals surface area contributed by atoms with Crippen molar-refractivity contribution in [1.29, 1.82) is 0 Å². The van der Waals surface area contributed by atoms with Gasteiger partial charge < -0.3 is 10.5 Å². The first kappa shape index (κ1) is 21.8. The lowest BCUT2D eigenvalue weighted by Crippen LogP contribution is -2.44. The Balaban J connectivity index is 0.000000202. The van der Waals surface area contributed by atoms with E-state index in [1.54, 1.807) is 20.8 Å². The Kier molecular flexibility index (Phi) is 7.87. The zero-order chi connectivity index (χ0) is 20.6. The molecular weight excluding hydrogens is 374 g/mol. The highest BCUT2D eigenvalue weighted by Gasteiger charge is 2.35. The van der Waals surface area contributed by atoms with E-state index in [0.29, 0.717) is 12.3 Å². The van der Waals surface area contributed by atoms with Crippen molar-refractivity contribution < 1.29 is 14.3 Å². The molecule has 1 unspecified atom stereocenters. The molecule has 1 aromatic heterocycles. The second-order valence-corrected chi connectivity index (χ2v) is 8.47. The van der Waals surface area contributed by atoms with Gasteiger partial charge in [0.05, 0.1) is 0 Å². The summed E-state index contributed by atoms with van der Waals surface area (Å²) in [6.45, 7) is 5.86. The number of pyridine rings is 1. The van der Waals surface area contributed by atoms with Gasteiger partial charge in [-0.1, -0.05) is 36.4 Å². The molecule has 3 rings (SSSR count). The van der Waals surface area contributed by atoms with Gasteiger partial charge in [-0.05, 0) is 38.5 Å². The van der Waals surface area contributed by atoms with Gasteiger partial charge in [-0.15, -0.1) is 11.8 Å². The zero-order valence-corrected chi connectivity index (χ0v) is 17.3. The number of carbonyl (C=O) groups is 2. The van der Waals surface area contributed by atoms with Gasteiger partial charge in [0.25, 0.3) is 5.91 Å². The summed E-state index contributed by atoms with van der Waals surface area (Å²) in [7, 11) is 0. The quantitative estimate of drug-likeness (QED) is 0.851. The first-order chi connectivity index (χ1) is 13.3. The molecule has 0 spiro atoms. The van der Waals surface area contributed by atoms with Gasteiger partial charge in [0, 0.05) is 30.6 Å². The molecule has 1 aromatic carbocycles. The summed E-state index contributed by atoms with van der Waals surface area (Å²) in [5.41, 5.74) is 7.06. The van der Waals surface area contributed by atoms with Gasteiger partial charge in [-0.3, -0.25) is 14.7 Å². The number of amides is 2. The smallest absolute Gasteiger partial charge is 0.411 e. The monoisotopic (exact) mass is 401 g/mol. The van der Waals surface area contributed by atoms with Crippen LogP contribution in [-0.2, 0) is 16.0 Å². The van der Waals surface area contributed by atoms with Crippen LogP contribution in [0.2, 0.25) is 0 Å². The third-order valence-corrected chi connectivity index (χ3v) is 4.94. The summed E-state index contributed by atoms with van der Waals surface area (Å²) in [5.74, 6) is 0.218. The average molecular weight is 402 g/mol. The number of thioether (sulfide) groups is 1. The molecule has 1 aliphatic heterocycles. The highest BCUT2D eigenvalue weighted by molar-refractivity contribution is 8.00. The summed E-state index contributed by atoms with van der Waals surface area (Å²) >= 11 is 1.36. The Bertz CT molecular complexity index is 726. The Morgan fingerprint density at radius 2 is 1.86 bits per heavy atom. The molecule has 0 radical (unpaired) electrons. The molecule has 0 saturated carbocycles. The van der Waals surface area contributed by atoms with Crippen molar-refractivity contribution in [2.24, 2.45) is 5.73 Å². The van der Waals surface area contributed by atoms with Gasteiger partial charge in [0.1, 0.15) is 5.60 Å². The van der Waals surface area contributed by atoms with Crippen molar-refractivity contribution in [2.45, 2.75) is 38.2 Å². The van der Waals surface area contributed by atoms with Crippen molar-refractivity contribution in [3.05, 3.63) is 66.0 Å². The van der Waals surface area contributed by atoms with E-state index in [1.165, 1.54) is 22.2 Å². The standard InChI is InChI=1S/C12H11N.C9H16N2O3S/c1-2-6-11(7-3-1)10-12-8-4-5-9-13-12;1-9(2,3)14-8(13)11-4-5-15-7(11)6(10)12/h1-9H,10H2;7H,4-5H2,1-3H3,(H2,10,12). The Morgan fingerprint density at radius 3 is 2.43 bits per heavy atom. The maximum Gasteiger partial charge on any atom is 0.411 e. The van der Waals surface area contributed by atoms with E-state index in [0.717, 1.165) is 12.1 Å². The molecule has 1 saturated heterocycles. The van der Waals surface area contributed by atoms with Crippen molar-refractivity contribution in [1.82, 2.24) is 9.88 Å². The normalized spacial score (nSPS) is 16.1. The number of hydrogen-bond acceptors (Lipinski definition) is 5. The lowest BCUT2D eigenvalue weighted by atomic mass is 10.1. The molecule has 1 fully saturated rings. The SMILES string of the molecule is CC(C)(C)OC(=O)N1CCSC1C(N)=O.c1ccc(Cc2ccccn2)cc1. The largest absolute Gasteiger partial charge is 0.444 e. The van der Waals surface area contributed by atoms with Crippen molar-refractivity contribution >= 4 is 23.8 Å². The molecule has 0 aliphatic carbocycles. The predicted molar refractivity (Wildman–Crippen MR) is 112 cm³/mol. The van der Waals surface area contributed by atoms with Gasteiger partial charge in [-0.25, -0.2) is 4.79 Å². The highest BCUT2D eigenvalue weighted by Crippen LogP contribution is 2.25. The number of hydrogen-bond donors (Lipinski definition) is 1. The molecule has 2 aromatic rings. The molecule has 7 heteroatoms. The number of nitrogens with two attached hydrogens (primary N) is 1. The molecule has 6 nitrogen and oxygen atoms in total. The van der Waals surface area contributed by atoms with E-state index in [1.807, 2.05) is 30.5 Å². The zero-order valence-electron chi connectivity index (χ0n) is 16.5. The van der Waals surface area contributed by atoms with E-state index < -0.39 is 23.0 Å². The van der Waals surface area contributed by atoms with Gasteiger partial charge >= 0.3 is 6.09 Å². The minimum Gasteiger partial charge on any atom is -0.444 e. The maximum absolute atomic E-state index is 11.7. The molecule has 2 N–H and O–H groups in total. The minimum atomic E-state index is -0.583. The van der Waals surface area contributed by atoms with E-state index in [2.05, 4.69) is 29.2 Å². The van der Waals surface area contributed by atoms with Crippen LogP contribution >= 0.6 is 11.8 Å². The number of benzene rings is 1. The molecule has 28 heavy (non-hydrogen) atoms. The summed E-state index contributed by atoms with van der Waals surface area (Å²) in [5, 5.41) is -0.583. The van der Waals surface area contributed by atoms with Crippen LogP contribution in [0.15, 0.2) is 54.7 Å². The van der Waals surface area contributed by atoms with Gasteiger partial charge in [0.2, 0.25) is 0 Å². The van der Waals surface area contributed by atoms with Crippen molar-refractivity contribution in [2.75, 3.05) is 12.3 Å². The highest BCUT2D eigenvalue weighted by atomic mass is 32.2. The summed E-state index contributed by atoms with van der Waals surface area (Å²) in [6.07, 6.45) is 2.27. The molecule has 0 bridgehead atoms. The van der Waals surface area contributed by atoms with E-state index in [9.17, 15) is 9.59 Å². The maximum atomic E-state index is 11.7. The third kappa shape index (κ3) is 7.23. The minimum absolute atomic E-state index is 0.476. The van der Waals surface area contributed by atoms with Crippen LogP contribution in [0.25, 0.3) is 0 Å². The number of carbonyl (C=O) groups excluding carboxylic acids is 2. The van der Waals surface area contributed by atoms with Crippen LogP contribution in [0.4, 0.5) is 4.79 Å². The van der Waals surface area contributed by atoms with Crippen LogP contribution in [0.1, 0.15) is 32.0 Å². The fourth-order valence-corrected chi connectivity index (χ4v) is 3.58. The number of rotatable bonds is 3. The first-order valence-electron chi connectivity index (χ1n) is 9.10. The summed E-state index contributed by atoms with van der Waals surface area (Å²) < 4.78 is 5.17. The first-order valence-corrected chi connectivity index (χ1v) is 10.2. The number of aromatic nitrogens is 1. The summed E-state index contributed by atoms with van der Waals surface area (Å²) in [4.78, 5) is 28.3. The molecule has 2 heterocycles. The lowest BCUT2D eigenvalue weighted by Gasteiger charge is -2.26.